The summed E-state index contributed by atoms with van der Waals surface area (Å²) >= 11 is 0. The van der Waals surface area contributed by atoms with Crippen LogP contribution in [0.25, 0.3) is 0 Å². The molecule has 3 rings (SSSR count). The summed E-state index contributed by atoms with van der Waals surface area (Å²) in [5.41, 5.74) is -0.0215. The number of aliphatic hydroxyl groups excluding tert-OH is 8. The van der Waals surface area contributed by atoms with E-state index in [0.29, 0.717) is 12.8 Å². The number of aliphatic hydroxyl groups is 8. The van der Waals surface area contributed by atoms with Crippen molar-refractivity contribution in [2.45, 2.75) is 75.8 Å². The van der Waals surface area contributed by atoms with E-state index >= 15 is 0 Å². The minimum Gasteiger partial charge on any atom is -0.478 e. The SMILES string of the molecule is CCCCc1cc(OC2O[C@H](O)[C@@H](O)[C@H](O)[C@H]2CO)cc(OC2O[C@H](O)[C@@H](O)[C@H](O)[C@H]2CO)c1C(=O)O. The van der Waals surface area contributed by atoms with Crippen LogP contribution in [0.2, 0.25) is 0 Å². The normalized spacial score (nSPS) is 36.2. The molecule has 210 valence electrons. The van der Waals surface area contributed by atoms with E-state index in [0.717, 1.165) is 6.07 Å². The Kier molecular flexibility index (Phi) is 10.0. The molecular weight excluding hydrogens is 500 g/mol. The minimum atomic E-state index is -1.88. The van der Waals surface area contributed by atoms with Crippen molar-refractivity contribution < 1.29 is 69.7 Å². The van der Waals surface area contributed by atoms with E-state index in [1.54, 1.807) is 0 Å². The monoisotopic (exact) mass is 534 g/mol. The van der Waals surface area contributed by atoms with Crippen molar-refractivity contribution in [1.29, 1.82) is 0 Å². The number of benzene rings is 1. The maximum absolute atomic E-state index is 12.2. The first-order chi connectivity index (χ1) is 17.5. The number of aromatic carboxylic acids is 1. The predicted octanol–water partition coefficient (Wildman–Crippen LogP) is -2.50. The number of unbranched alkanes of at least 4 members (excludes halogenated alkanes) is 1. The Labute approximate surface area is 211 Å². The van der Waals surface area contributed by atoms with Gasteiger partial charge in [-0.05, 0) is 24.5 Å². The van der Waals surface area contributed by atoms with Gasteiger partial charge >= 0.3 is 5.97 Å². The first-order valence-corrected chi connectivity index (χ1v) is 11.9. The fraction of sp³-hybridized carbons (Fsp3) is 0.696. The summed E-state index contributed by atoms with van der Waals surface area (Å²) in [4.78, 5) is 12.2. The molecule has 2 unspecified atom stereocenters. The Morgan fingerprint density at radius 3 is 1.81 bits per heavy atom. The lowest BCUT2D eigenvalue weighted by atomic mass is 9.94. The number of hydrogen-bond acceptors (Lipinski definition) is 13. The molecule has 37 heavy (non-hydrogen) atoms. The lowest BCUT2D eigenvalue weighted by Gasteiger charge is -2.40. The molecule has 14 nitrogen and oxygen atoms in total. The van der Waals surface area contributed by atoms with E-state index in [-0.39, 0.29) is 29.0 Å². The molecule has 0 radical (unpaired) electrons. The summed E-state index contributed by atoms with van der Waals surface area (Å²) in [7, 11) is 0. The van der Waals surface area contributed by atoms with Crippen LogP contribution in [0.3, 0.4) is 0 Å². The number of carbonyl (C=O) groups is 1. The maximum atomic E-state index is 12.2. The average molecular weight is 535 g/mol. The highest BCUT2D eigenvalue weighted by Gasteiger charge is 2.46. The number of ether oxygens (including phenoxy) is 4. The van der Waals surface area contributed by atoms with Crippen LogP contribution in [0.15, 0.2) is 12.1 Å². The molecule has 0 amide bonds. The topological polar surface area (TPSA) is 236 Å². The predicted molar refractivity (Wildman–Crippen MR) is 120 cm³/mol. The standard InChI is InChI=1S/C23H34O14/c1-2-3-4-9-5-10(34-22-11(7-24)15(26)17(28)20(32)36-22)6-13(14(9)19(30)31)35-23-12(8-25)16(27)18(29)21(33)37-23/h5-6,11-12,15-18,20-29,32-33H,2-4,7-8H2,1H3,(H,30,31)/t11-,12-,15-,16-,17+,18+,20+,21+,22?,23?/m1/s1. The zero-order valence-electron chi connectivity index (χ0n) is 20.0. The van der Waals surface area contributed by atoms with Gasteiger partial charge in [0.2, 0.25) is 12.6 Å². The van der Waals surface area contributed by atoms with Gasteiger partial charge in [-0.2, -0.15) is 0 Å². The molecule has 2 aliphatic heterocycles. The van der Waals surface area contributed by atoms with Crippen molar-refractivity contribution in [3.63, 3.8) is 0 Å². The molecular formula is C23H34O14. The third-order valence-electron chi connectivity index (χ3n) is 6.50. The Morgan fingerprint density at radius 2 is 1.35 bits per heavy atom. The van der Waals surface area contributed by atoms with Gasteiger partial charge in [0.15, 0.2) is 12.6 Å². The smallest absolute Gasteiger partial charge is 0.339 e. The third kappa shape index (κ3) is 6.31. The average Bonchev–Trinajstić information content (AvgIpc) is 2.84. The van der Waals surface area contributed by atoms with Crippen molar-refractivity contribution in [3.8, 4) is 11.5 Å². The van der Waals surface area contributed by atoms with Gasteiger partial charge in [-0.3, -0.25) is 0 Å². The molecule has 9 N–H and O–H groups in total. The number of rotatable bonds is 10. The van der Waals surface area contributed by atoms with Crippen molar-refractivity contribution in [1.82, 2.24) is 0 Å². The largest absolute Gasteiger partial charge is 0.478 e. The fourth-order valence-corrected chi connectivity index (χ4v) is 4.29. The van der Waals surface area contributed by atoms with Gasteiger partial charge < -0.3 is 64.9 Å². The van der Waals surface area contributed by atoms with Crippen molar-refractivity contribution >= 4 is 5.97 Å². The van der Waals surface area contributed by atoms with E-state index in [4.69, 9.17) is 18.9 Å². The van der Waals surface area contributed by atoms with Crippen LogP contribution >= 0.6 is 0 Å². The fourth-order valence-electron chi connectivity index (χ4n) is 4.29. The van der Waals surface area contributed by atoms with Gasteiger partial charge in [0, 0.05) is 6.07 Å². The number of aryl methyl sites for hydroxylation is 1. The Hall–Kier alpha value is -2.11. The molecule has 10 atom stereocenters. The zero-order valence-corrected chi connectivity index (χ0v) is 20.0. The molecule has 0 saturated carbocycles. The summed E-state index contributed by atoms with van der Waals surface area (Å²) in [6.07, 6.45) is -11.9. The van der Waals surface area contributed by atoms with E-state index in [1.807, 2.05) is 6.92 Å². The van der Waals surface area contributed by atoms with Gasteiger partial charge in [-0.1, -0.05) is 13.3 Å². The second kappa shape index (κ2) is 12.6. The molecule has 0 aromatic heterocycles. The first kappa shape index (κ1) is 29.4. The molecule has 1 aromatic rings. The Balaban J connectivity index is 2.00. The van der Waals surface area contributed by atoms with Crippen LogP contribution in [0.1, 0.15) is 35.7 Å². The molecule has 2 saturated heterocycles. The van der Waals surface area contributed by atoms with Gasteiger partial charge in [0.25, 0.3) is 0 Å². The molecule has 2 fully saturated rings. The number of carboxylic acid groups (broad SMARTS) is 1. The van der Waals surface area contributed by atoms with Gasteiger partial charge in [-0.15, -0.1) is 0 Å². The summed E-state index contributed by atoms with van der Waals surface area (Å²) in [5, 5.41) is 89.2. The number of carboxylic acids is 1. The lowest BCUT2D eigenvalue weighted by molar-refractivity contribution is -0.313. The lowest BCUT2D eigenvalue weighted by Crippen LogP contribution is -2.57. The molecule has 0 bridgehead atoms. The first-order valence-electron chi connectivity index (χ1n) is 11.9. The third-order valence-corrected chi connectivity index (χ3v) is 6.50. The van der Waals surface area contributed by atoms with E-state index in [9.17, 15) is 50.8 Å². The molecule has 2 heterocycles. The highest BCUT2D eigenvalue weighted by Crippen LogP contribution is 2.36. The van der Waals surface area contributed by atoms with Crippen LogP contribution in [0.4, 0.5) is 0 Å². The minimum absolute atomic E-state index is 0.0529. The molecule has 0 aliphatic carbocycles. The Bertz CT molecular complexity index is 912. The molecule has 14 heteroatoms. The van der Waals surface area contributed by atoms with E-state index in [1.165, 1.54) is 6.07 Å². The quantitative estimate of drug-likeness (QED) is 0.151. The second-order valence-electron chi connectivity index (χ2n) is 9.05. The Morgan fingerprint density at radius 1 is 0.838 bits per heavy atom. The van der Waals surface area contributed by atoms with Crippen molar-refractivity contribution in [2.24, 2.45) is 11.8 Å². The number of hydrogen-bond donors (Lipinski definition) is 9. The van der Waals surface area contributed by atoms with Crippen molar-refractivity contribution in [3.05, 3.63) is 23.3 Å². The van der Waals surface area contributed by atoms with Gasteiger partial charge in [0.1, 0.15) is 29.3 Å². The zero-order chi connectivity index (χ0) is 27.4. The van der Waals surface area contributed by atoms with Crippen LogP contribution in [0.5, 0.6) is 11.5 Å². The van der Waals surface area contributed by atoms with E-state index < -0.39 is 80.6 Å². The summed E-state index contributed by atoms with van der Waals surface area (Å²) in [6, 6.07) is 2.51. The van der Waals surface area contributed by atoms with E-state index in [2.05, 4.69) is 0 Å². The highest BCUT2D eigenvalue weighted by atomic mass is 16.7. The molecule has 2 aliphatic rings. The van der Waals surface area contributed by atoms with Gasteiger partial charge in [0.05, 0.1) is 37.3 Å². The molecule has 0 spiro atoms. The maximum Gasteiger partial charge on any atom is 0.339 e. The van der Waals surface area contributed by atoms with Gasteiger partial charge in [-0.25, -0.2) is 4.79 Å². The summed E-state index contributed by atoms with van der Waals surface area (Å²) in [5.74, 6) is -4.18. The van der Waals surface area contributed by atoms with Crippen LogP contribution in [0, 0.1) is 11.8 Å². The second-order valence-corrected chi connectivity index (χ2v) is 9.05. The summed E-state index contributed by atoms with van der Waals surface area (Å²) < 4.78 is 21.8. The molecule has 1 aromatic carbocycles. The van der Waals surface area contributed by atoms with Crippen LogP contribution in [-0.4, -0.2) is 115 Å². The van der Waals surface area contributed by atoms with Crippen LogP contribution in [-0.2, 0) is 15.9 Å². The van der Waals surface area contributed by atoms with Crippen LogP contribution < -0.4 is 9.47 Å². The van der Waals surface area contributed by atoms with Crippen molar-refractivity contribution in [2.75, 3.05) is 13.2 Å². The summed E-state index contributed by atoms with van der Waals surface area (Å²) in [6.45, 7) is 0.480. The highest BCUT2D eigenvalue weighted by molar-refractivity contribution is 5.93.